The summed E-state index contributed by atoms with van der Waals surface area (Å²) in [5.41, 5.74) is 7.56. The van der Waals surface area contributed by atoms with Crippen molar-refractivity contribution in [1.29, 1.82) is 0 Å². The summed E-state index contributed by atoms with van der Waals surface area (Å²) in [4.78, 5) is 19.3. The molecule has 1 spiro atoms. The Labute approximate surface area is 217 Å². The predicted octanol–water partition coefficient (Wildman–Crippen LogP) is 6.19. The maximum atomic E-state index is 14.4. The van der Waals surface area contributed by atoms with Crippen LogP contribution in [0.25, 0.3) is 22.3 Å². The van der Waals surface area contributed by atoms with Gasteiger partial charge in [0.05, 0.1) is 45.9 Å². The monoisotopic (exact) mass is 497 g/mol. The van der Waals surface area contributed by atoms with Crippen molar-refractivity contribution in [1.82, 2.24) is 15.0 Å². The van der Waals surface area contributed by atoms with Crippen molar-refractivity contribution in [2.24, 2.45) is 0 Å². The molecule has 0 bridgehead atoms. The minimum atomic E-state index is -0.296. The third kappa shape index (κ3) is 3.93. The fourth-order valence-electron chi connectivity index (χ4n) is 6.05. The van der Waals surface area contributed by atoms with Crippen LogP contribution in [0, 0.1) is 12.7 Å². The number of benzene rings is 1. The molecule has 0 radical (unpaired) electrons. The van der Waals surface area contributed by atoms with Crippen LogP contribution in [0.15, 0.2) is 54.9 Å². The van der Waals surface area contributed by atoms with Crippen LogP contribution in [0.3, 0.4) is 0 Å². The highest BCUT2D eigenvalue weighted by molar-refractivity contribution is 5.99. The van der Waals surface area contributed by atoms with Gasteiger partial charge in [0, 0.05) is 61.5 Å². The Kier molecular flexibility index (Phi) is 6.03. The summed E-state index contributed by atoms with van der Waals surface area (Å²) in [5, 5.41) is 0.932. The van der Waals surface area contributed by atoms with Gasteiger partial charge >= 0.3 is 0 Å². The van der Waals surface area contributed by atoms with E-state index in [2.05, 4.69) is 41.6 Å². The molecular weight excluding hydrogens is 465 g/mol. The highest BCUT2D eigenvalue weighted by Crippen LogP contribution is 2.51. The maximum Gasteiger partial charge on any atom is 0.125 e. The first kappa shape index (κ1) is 23.8. The summed E-state index contributed by atoms with van der Waals surface area (Å²) in [6.45, 7) is 10.5. The van der Waals surface area contributed by atoms with E-state index in [9.17, 15) is 4.39 Å². The molecule has 1 fully saturated rings. The second-order valence-electron chi connectivity index (χ2n) is 10.0. The normalized spacial score (nSPS) is 16.4. The summed E-state index contributed by atoms with van der Waals surface area (Å²) >= 11 is 0. The molecule has 0 atom stereocenters. The number of hydrogen-bond acceptors (Lipinski definition) is 6. The predicted molar refractivity (Wildman–Crippen MR) is 146 cm³/mol. The molecule has 0 aliphatic carbocycles. The molecule has 4 aromatic rings. The van der Waals surface area contributed by atoms with Gasteiger partial charge in [-0.05, 0) is 63.9 Å². The fourth-order valence-corrected chi connectivity index (χ4v) is 6.05. The van der Waals surface area contributed by atoms with Gasteiger partial charge in [-0.15, -0.1) is 0 Å². The van der Waals surface area contributed by atoms with Crippen molar-refractivity contribution in [3.8, 4) is 11.4 Å². The summed E-state index contributed by atoms with van der Waals surface area (Å²) < 4.78 is 20.2. The molecule has 0 unspecified atom stereocenters. The zero-order valence-corrected chi connectivity index (χ0v) is 21.7. The maximum absolute atomic E-state index is 14.4. The lowest BCUT2D eigenvalue weighted by Gasteiger charge is -2.34. The van der Waals surface area contributed by atoms with Crippen LogP contribution in [-0.2, 0) is 10.2 Å². The number of anilines is 3. The zero-order valence-electron chi connectivity index (χ0n) is 21.7. The van der Waals surface area contributed by atoms with Gasteiger partial charge in [0.2, 0.25) is 0 Å². The average molecular weight is 498 g/mol. The summed E-state index contributed by atoms with van der Waals surface area (Å²) in [6, 6.07) is 13.0. The van der Waals surface area contributed by atoms with E-state index in [1.807, 2.05) is 30.5 Å². The Hall–Kier alpha value is -3.58. The van der Waals surface area contributed by atoms with Gasteiger partial charge in [-0.25, -0.2) is 9.37 Å². The quantitative estimate of drug-likeness (QED) is 0.328. The molecule has 1 saturated heterocycles. The number of nitrogens with zero attached hydrogens (tertiary/aromatic N) is 5. The van der Waals surface area contributed by atoms with E-state index < -0.39 is 0 Å². The summed E-state index contributed by atoms with van der Waals surface area (Å²) in [6.07, 6.45) is 5.66. The van der Waals surface area contributed by atoms with Gasteiger partial charge in [-0.3, -0.25) is 9.97 Å². The molecule has 37 heavy (non-hydrogen) atoms. The van der Waals surface area contributed by atoms with E-state index in [-0.39, 0.29) is 11.2 Å². The Morgan fingerprint density at radius 3 is 2.59 bits per heavy atom. The molecule has 2 aliphatic rings. The minimum absolute atomic E-state index is 0.0808. The minimum Gasteiger partial charge on any atom is -0.381 e. The fraction of sp³-hybridized carbons (Fsp3) is 0.367. The molecule has 3 aromatic heterocycles. The summed E-state index contributed by atoms with van der Waals surface area (Å²) in [7, 11) is 0. The number of fused-ring (bicyclic) bond motifs is 3. The van der Waals surface area contributed by atoms with Crippen LogP contribution in [-0.4, -0.2) is 47.8 Å². The van der Waals surface area contributed by atoms with Crippen LogP contribution in [0.5, 0.6) is 0 Å². The molecule has 6 nitrogen and oxygen atoms in total. The summed E-state index contributed by atoms with van der Waals surface area (Å²) in [5.74, 6) is -0.296. The van der Waals surface area contributed by atoms with Crippen LogP contribution >= 0.6 is 0 Å². The van der Waals surface area contributed by atoms with Gasteiger partial charge in [-0.1, -0.05) is 6.07 Å². The number of aromatic nitrogens is 3. The van der Waals surface area contributed by atoms with Gasteiger partial charge in [0.25, 0.3) is 0 Å². The van der Waals surface area contributed by atoms with Gasteiger partial charge in [0.15, 0.2) is 0 Å². The lowest BCUT2D eigenvalue weighted by Crippen LogP contribution is -2.38. The van der Waals surface area contributed by atoms with Crippen molar-refractivity contribution in [2.45, 2.75) is 39.0 Å². The Bertz CT molecular complexity index is 1450. The van der Waals surface area contributed by atoms with E-state index in [0.717, 1.165) is 90.8 Å². The molecule has 2 aliphatic heterocycles. The van der Waals surface area contributed by atoms with Crippen LogP contribution < -0.4 is 9.80 Å². The Morgan fingerprint density at radius 2 is 1.86 bits per heavy atom. The van der Waals surface area contributed by atoms with Crippen molar-refractivity contribution in [3.05, 3.63) is 71.9 Å². The largest absolute Gasteiger partial charge is 0.381 e. The van der Waals surface area contributed by atoms with E-state index in [1.165, 1.54) is 12.1 Å². The molecule has 7 heteroatoms. The second kappa shape index (κ2) is 9.38. The standard InChI is InChI=1S/C30H32FN5O/c1-4-35(5-2)22-17-26-29(33-18-22)30(11-14-37-15-12-30)19-36(26)28-20(3)27(24-8-6-7-13-32-24)34-25-16-21(31)9-10-23(25)28/h6-10,13,16-18H,4-5,11-12,14-15,19H2,1-3H3. The smallest absolute Gasteiger partial charge is 0.125 e. The number of hydrogen-bond donors (Lipinski definition) is 0. The van der Waals surface area contributed by atoms with Gasteiger partial charge in [-0.2, -0.15) is 0 Å². The molecule has 0 saturated carbocycles. The second-order valence-corrected chi connectivity index (χ2v) is 10.0. The number of pyridine rings is 3. The third-order valence-corrected chi connectivity index (χ3v) is 8.02. The van der Waals surface area contributed by atoms with Gasteiger partial charge < -0.3 is 14.5 Å². The molecule has 1 aromatic carbocycles. The first-order valence-electron chi connectivity index (χ1n) is 13.2. The zero-order chi connectivity index (χ0) is 25.6. The third-order valence-electron chi connectivity index (χ3n) is 8.02. The lowest BCUT2D eigenvalue weighted by molar-refractivity contribution is 0.0546. The number of rotatable bonds is 5. The molecule has 0 amide bonds. The van der Waals surface area contributed by atoms with Crippen molar-refractivity contribution in [2.75, 3.05) is 42.6 Å². The molecular formula is C30H32FN5O. The molecule has 0 N–H and O–H groups in total. The molecule has 5 heterocycles. The first-order chi connectivity index (χ1) is 18.0. The first-order valence-corrected chi connectivity index (χ1v) is 13.2. The molecule has 6 rings (SSSR count). The lowest BCUT2D eigenvalue weighted by atomic mass is 9.78. The number of ether oxygens (including phenoxy) is 1. The SMILES string of the molecule is CCN(CC)c1cnc2c(c1)N(c1c(C)c(-c3ccccn3)nc3cc(F)ccc13)CC21CCOCC1. The topological polar surface area (TPSA) is 54.4 Å². The highest BCUT2D eigenvalue weighted by atomic mass is 19.1. The Balaban J connectivity index is 1.61. The van der Waals surface area contributed by atoms with Crippen LogP contribution in [0.2, 0.25) is 0 Å². The van der Waals surface area contributed by atoms with E-state index in [1.54, 1.807) is 6.20 Å². The molecule has 190 valence electrons. The van der Waals surface area contributed by atoms with Crippen molar-refractivity contribution >= 4 is 28.0 Å². The van der Waals surface area contributed by atoms with E-state index >= 15 is 0 Å². The van der Waals surface area contributed by atoms with Crippen molar-refractivity contribution < 1.29 is 9.13 Å². The average Bonchev–Trinajstić information content (AvgIpc) is 3.22. The van der Waals surface area contributed by atoms with Crippen LogP contribution in [0.1, 0.15) is 37.9 Å². The highest BCUT2D eigenvalue weighted by Gasteiger charge is 2.46. The van der Waals surface area contributed by atoms with E-state index in [0.29, 0.717) is 5.52 Å². The van der Waals surface area contributed by atoms with Crippen molar-refractivity contribution in [3.63, 3.8) is 0 Å². The Morgan fingerprint density at radius 1 is 1.05 bits per heavy atom. The van der Waals surface area contributed by atoms with E-state index in [4.69, 9.17) is 14.7 Å². The number of halogens is 1. The van der Waals surface area contributed by atoms with Crippen LogP contribution in [0.4, 0.5) is 21.5 Å². The van der Waals surface area contributed by atoms with Gasteiger partial charge in [0.1, 0.15) is 5.82 Å².